The predicted octanol–water partition coefficient (Wildman–Crippen LogP) is 2.32. The Labute approximate surface area is 123 Å². The van der Waals surface area contributed by atoms with Crippen molar-refractivity contribution in [3.8, 4) is 0 Å². The van der Waals surface area contributed by atoms with Crippen molar-refractivity contribution in [2.45, 2.75) is 4.90 Å². The van der Waals surface area contributed by atoms with Crippen molar-refractivity contribution in [2.24, 2.45) is 5.14 Å². The van der Waals surface area contributed by atoms with E-state index in [0.717, 1.165) is 48.7 Å². The van der Waals surface area contributed by atoms with Crippen LogP contribution in [0.2, 0.25) is 0 Å². The van der Waals surface area contributed by atoms with Crippen molar-refractivity contribution in [1.29, 1.82) is 0 Å². The Hall–Kier alpha value is -1.30. The van der Waals surface area contributed by atoms with Crippen molar-refractivity contribution in [3.63, 3.8) is 0 Å². The standard InChI is InChI=1S/C15H18FN3S/c1-10(14-4-3-13(20-17)5-15(14)16)19-8-11-6-18(2)7-12(11)9-19/h3-5H,1,6-9,17H2,2H3. The van der Waals surface area contributed by atoms with E-state index in [0.29, 0.717) is 5.56 Å². The highest BCUT2D eigenvalue weighted by molar-refractivity contribution is 7.97. The summed E-state index contributed by atoms with van der Waals surface area (Å²) in [6.07, 6.45) is 0. The van der Waals surface area contributed by atoms with Crippen LogP contribution in [0.15, 0.2) is 40.8 Å². The fraction of sp³-hybridized carbons (Fsp3) is 0.333. The third-order valence-corrected chi connectivity index (χ3v) is 4.48. The molecule has 0 aromatic heterocycles. The van der Waals surface area contributed by atoms with Gasteiger partial charge in [0.05, 0.1) is 0 Å². The van der Waals surface area contributed by atoms with Crippen molar-refractivity contribution < 1.29 is 4.39 Å². The van der Waals surface area contributed by atoms with E-state index in [1.54, 1.807) is 6.07 Å². The molecule has 0 saturated heterocycles. The molecule has 106 valence electrons. The van der Waals surface area contributed by atoms with E-state index in [2.05, 4.69) is 23.4 Å². The highest BCUT2D eigenvalue weighted by Gasteiger charge is 2.29. The molecule has 0 saturated carbocycles. The van der Waals surface area contributed by atoms with E-state index in [9.17, 15) is 4.39 Å². The van der Waals surface area contributed by atoms with Gasteiger partial charge < -0.3 is 4.90 Å². The normalized spacial score (nSPS) is 18.9. The van der Waals surface area contributed by atoms with Crippen LogP contribution in [0.4, 0.5) is 4.39 Å². The lowest BCUT2D eigenvalue weighted by atomic mass is 10.1. The summed E-state index contributed by atoms with van der Waals surface area (Å²) in [5, 5.41) is 5.45. The van der Waals surface area contributed by atoms with Gasteiger partial charge in [0.15, 0.2) is 0 Å². The molecule has 0 amide bonds. The number of nitrogens with zero attached hydrogens (tertiary/aromatic N) is 2. The van der Waals surface area contributed by atoms with Gasteiger partial charge in [0.2, 0.25) is 0 Å². The van der Waals surface area contributed by atoms with Crippen LogP contribution in [0.5, 0.6) is 0 Å². The second kappa shape index (κ2) is 5.24. The molecule has 0 radical (unpaired) electrons. The summed E-state index contributed by atoms with van der Waals surface area (Å²) in [5.41, 5.74) is 4.25. The van der Waals surface area contributed by atoms with Gasteiger partial charge in [-0.25, -0.2) is 4.39 Å². The molecule has 2 aliphatic heterocycles. The van der Waals surface area contributed by atoms with Crippen molar-refractivity contribution in [1.82, 2.24) is 9.80 Å². The van der Waals surface area contributed by atoms with Crippen molar-refractivity contribution in [2.75, 3.05) is 33.2 Å². The van der Waals surface area contributed by atoms with Gasteiger partial charge >= 0.3 is 0 Å². The van der Waals surface area contributed by atoms with E-state index in [1.165, 1.54) is 17.2 Å². The minimum atomic E-state index is -0.255. The minimum absolute atomic E-state index is 0.255. The summed E-state index contributed by atoms with van der Waals surface area (Å²) >= 11 is 1.05. The van der Waals surface area contributed by atoms with Gasteiger partial charge in [-0.15, -0.1) is 0 Å². The van der Waals surface area contributed by atoms with Crippen LogP contribution < -0.4 is 5.14 Å². The first-order valence-electron chi connectivity index (χ1n) is 6.57. The molecule has 2 aliphatic rings. The Kier molecular flexibility index (Phi) is 3.58. The van der Waals surface area contributed by atoms with Crippen LogP contribution >= 0.6 is 11.9 Å². The zero-order valence-corrected chi connectivity index (χ0v) is 12.3. The van der Waals surface area contributed by atoms with E-state index in [4.69, 9.17) is 5.14 Å². The third-order valence-electron chi connectivity index (χ3n) is 3.95. The SMILES string of the molecule is C=C(c1ccc(SN)cc1F)N1CC2=C(CN(C)C2)C1. The Morgan fingerprint density at radius 3 is 2.45 bits per heavy atom. The average Bonchev–Trinajstić information content (AvgIpc) is 2.94. The molecule has 2 heterocycles. The Morgan fingerprint density at radius 2 is 1.90 bits per heavy atom. The molecule has 2 N–H and O–H groups in total. The summed E-state index contributed by atoms with van der Waals surface area (Å²) in [7, 11) is 2.13. The number of nitrogens with two attached hydrogens (primary N) is 1. The van der Waals surface area contributed by atoms with Crippen molar-refractivity contribution in [3.05, 3.63) is 47.3 Å². The first kappa shape index (κ1) is 13.7. The largest absolute Gasteiger partial charge is 0.363 e. The second-order valence-electron chi connectivity index (χ2n) is 5.44. The zero-order chi connectivity index (χ0) is 14.3. The summed E-state index contributed by atoms with van der Waals surface area (Å²) in [6, 6.07) is 5.07. The fourth-order valence-electron chi connectivity index (χ4n) is 2.94. The van der Waals surface area contributed by atoms with Gasteiger partial charge in [0.1, 0.15) is 5.82 Å². The average molecular weight is 291 g/mol. The molecule has 0 fully saturated rings. The molecule has 0 spiro atoms. The molecule has 0 bridgehead atoms. The molecule has 0 atom stereocenters. The lowest BCUT2D eigenvalue weighted by Gasteiger charge is -2.25. The number of likely N-dealkylation sites (N-methyl/N-ethyl adjacent to an activating group) is 1. The van der Waals surface area contributed by atoms with E-state index in [1.807, 2.05) is 6.07 Å². The molecule has 1 aromatic rings. The monoisotopic (exact) mass is 291 g/mol. The maximum absolute atomic E-state index is 14.1. The molecule has 0 aliphatic carbocycles. The van der Waals surface area contributed by atoms with Crippen LogP contribution in [0.25, 0.3) is 5.70 Å². The number of halogens is 1. The summed E-state index contributed by atoms with van der Waals surface area (Å²) < 4.78 is 14.1. The quantitative estimate of drug-likeness (QED) is 0.684. The summed E-state index contributed by atoms with van der Waals surface area (Å²) in [5.74, 6) is -0.255. The number of rotatable bonds is 3. The predicted molar refractivity (Wildman–Crippen MR) is 81.6 cm³/mol. The zero-order valence-electron chi connectivity index (χ0n) is 11.5. The molecule has 3 nitrogen and oxygen atoms in total. The highest BCUT2D eigenvalue weighted by Crippen LogP contribution is 2.31. The van der Waals surface area contributed by atoms with E-state index < -0.39 is 0 Å². The van der Waals surface area contributed by atoms with Crippen LogP contribution in [0.3, 0.4) is 0 Å². The lowest BCUT2D eigenvalue weighted by Crippen LogP contribution is -2.26. The maximum atomic E-state index is 14.1. The van der Waals surface area contributed by atoms with Gasteiger partial charge in [-0.05, 0) is 48.3 Å². The minimum Gasteiger partial charge on any atom is -0.363 e. The summed E-state index contributed by atoms with van der Waals surface area (Å²) in [6.45, 7) is 7.85. The molecule has 3 rings (SSSR count). The maximum Gasteiger partial charge on any atom is 0.133 e. The molecular formula is C15H18FN3S. The molecular weight excluding hydrogens is 273 g/mol. The van der Waals surface area contributed by atoms with Crippen LogP contribution in [-0.4, -0.2) is 43.0 Å². The first-order valence-corrected chi connectivity index (χ1v) is 7.45. The Morgan fingerprint density at radius 1 is 1.25 bits per heavy atom. The second-order valence-corrected chi connectivity index (χ2v) is 6.15. The number of hydrogen-bond donors (Lipinski definition) is 1. The van der Waals surface area contributed by atoms with Gasteiger partial charge in [-0.2, -0.15) is 0 Å². The Bertz CT molecular complexity index is 579. The van der Waals surface area contributed by atoms with Crippen LogP contribution in [0, 0.1) is 5.82 Å². The topological polar surface area (TPSA) is 32.5 Å². The van der Waals surface area contributed by atoms with Crippen LogP contribution in [0.1, 0.15) is 5.56 Å². The first-order chi connectivity index (χ1) is 9.58. The van der Waals surface area contributed by atoms with Gasteiger partial charge in [-0.1, -0.05) is 6.58 Å². The number of benzene rings is 1. The fourth-order valence-corrected chi connectivity index (χ4v) is 3.25. The highest BCUT2D eigenvalue weighted by atomic mass is 32.2. The van der Waals surface area contributed by atoms with Gasteiger partial charge in [-0.3, -0.25) is 10.0 Å². The third kappa shape index (κ3) is 2.37. The molecule has 5 heteroatoms. The number of hydrogen-bond acceptors (Lipinski definition) is 4. The van der Waals surface area contributed by atoms with Crippen molar-refractivity contribution >= 4 is 17.6 Å². The summed E-state index contributed by atoms with van der Waals surface area (Å²) in [4.78, 5) is 5.19. The molecule has 1 aromatic carbocycles. The van der Waals surface area contributed by atoms with Crippen LogP contribution in [-0.2, 0) is 0 Å². The van der Waals surface area contributed by atoms with E-state index >= 15 is 0 Å². The smallest absolute Gasteiger partial charge is 0.133 e. The Balaban J connectivity index is 1.75. The van der Waals surface area contributed by atoms with Gasteiger partial charge in [0.25, 0.3) is 0 Å². The van der Waals surface area contributed by atoms with E-state index in [-0.39, 0.29) is 5.82 Å². The van der Waals surface area contributed by atoms with Gasteiger partial charge in [0, 0.05) is 42.3 Å². The molecule has 0 unspecified atom stereocenters. The molecule has 20 heavy (non-hydrogen) atoms. The lowest BCUT2D eigenvalue weighted by molar-refractivity contribution is 0.383.